The lowest BCUT2D eigenvalue weighted by molar-refractivity contribution is -0.138. The maximum atomic E-state index is 12.7. The highest BCUT2D eigenvalue weighted by Crippen LogP contribution is 2.31. The Morgan fingerprint density at radius 2 is 1.86 bits per heavy atom. The number of hydrogen-bond donors (Lipinski definition) is 2. The van der Waals surface area contributed by atoms with Crippen LogP contribution in [0, 0.1) is 11.3 Å². The van der Waals surface area contributed by atoms with Gasteiger partial charge >= 0.3 is 5.97 Å². The predicted molar refractivity (Wildman–Crippen MR) is 108 cm³/mol. The number of carbonyl (C=O) groups is 1. The quantitative estimate of drug-likeness (QED) is 0.380. The normalized spacial score (nSPS) is 11.4. The summed E-state index contributed by atoms with van der Waals surface area (Å²) >= 11 is 11.9. The van der Waals surface area contributed by atoms with E-state index in [1.165, 1.54) is 24.3 Å². The maximum absolute atomic E-state index is 12.7. The summed E-state index contributed by atoms with van der Waals surface area (Å²) in [6.07, 6.45) is 1.14. The smallest absolute Gasteiger partial charge is 0.350 e. The summed E-state index contributed by atoms with van der Waals surface area (Å²) in [6, 6.07) is 12.3. The molecular weight excluding hydrogens is 425 g/mol. The predicted octanol–water partition coefficient (Wildman–Crippen LogP) is 4.18. The monoisotopic (exact) mass is 439 g/mol. The molecule has 0 saturated heterocycles. The standard InChI is InChI=1S/C18H15Cl2N3O4S/c1-2-27-18(24)12(10-21)11-22-14-7-3-4-8-15(14)23-28(25,26)16-9-5-6-13(19)17(16)20/h3-9,11,22-23H,2H2,1H3/b12-11+. The van der Waals surface area contributed by atoms with Gasteiger partial charge in [-0.05, 0) is 31.2 Å². The lowest BCUT2D eigenvalue weighted by Gasteiger charge is -2.14. The molecule has 146 valence electrons. The van der Waals surface area contributed by atoms with Gasteiger partial charge in [0.2, 0.25) is 0 Å². The minimum Gasteiger partial charge on any atom is -0.462 e. The second kappa shape index (κ2) is 9.46. The highest BCUT2D eigenvalue weighted by molar-refractivity contribution is 7.92. The van der Waals surface area contributed by atoms with Gasteiger partial charge in [0, 0.05) is 6.20 Å². The minimum atomic E-state index is -4.04. The maximum Gasteiger partial charge on any atom is 0.350 e. The van der Waals surface area contributed by atoms with E-state index in [4.69, 9.17) is 33.2 Å². The Morgan fingerprint density at radius 1 is 1.18 bits per heavy atom. The Balaban J connectivity index is 2.33. The van der Waals surface area contributed by atoms with Crippen LogP contribution in [0.2, 0.25) is 10.0 Å². The average molecular weight is 440 g/mol. The lowest BCUT2D eigenvalue weighted by Crippen LogP contribution is -2.15. The van der Waals surface area contributed by atoms with Gasteiger partial charge in [-0.2, -0.15) is 5.26 Å². The van der Waals surface area contributed by atoms with E-state index in [0.29, 0.717) is 5.69 Å². The van der Waals surface area contributed by atoms with Crippen molar-refractivity contribution in [2.24, 2.45) is 0 Å². The summed E-state index contributed by atoms with van der Waals surface area (Å²) in [7, 11) is -4.04. The second-order valence-corrected chi connectivity index (χ2v) is 7.67. The summed E-state index contributed by atoms with van der Waals surface area (Å²) in [6.45, 7) is 1.74. The number of sulfonamides is 1. The van der Waals surface area contributed by atoms with Crippen LogP contribution in [-0.2, 0) is 19.6 Å². The topological polar surface area (TPSA) is 108 Å². The number of nitrogens with one attached hydrogen (secondary N) is 2. The molecule has 10 heteroatoms. The number of esters is 1. The summed E-state index contributed by atoms with van der Waals surface area (Å²) in [5.41, 5.74) is 0.217. The van der Waals surface area contributed by atoms with Gasteiger partial charge in [-0.3, -0.25) is 4.72 Å². The zero-order valence-electron chi connectivity index (χ0n) is 14.6. The molecule has 28 heavy (non-hydrogen) atoms. The van der Waals surface area contributed by atoms with E-state index >= 15 is 0 Å². The Morgan fingerprint density at radius 3 is 2.50 bits per heavy atom. The number of hydrogen-bond acceptors (Lipinski definition) is 6. The molecule has 2 rings (SSSR count). The molecule has 2 aromatic carbocycles. The zero-order valence-corrected chi connectivity index (χ0v) is 16.9. The number of nitrogens with zero attached hydrogens (tertiary/aromatic N) is 1. The van der Waals surface area contributed by atoms with Crippen molar-refractivity contribution in [3.8, 4) is 6.07 Å². The first kappa shape index (κ1) is 21.6. The average Bonchev–Trinajstić information content (AvgIpc) is 2.65. The van der Waals surface area contributed by atoms with Crippen LogP contribution in [0.5, 0.6) is 0 Å². The van der Waals surface area contributed by atoms with E-state index in [1.54, 1.807) is 31.2 Å². The van der Waals surface area contributed by atoms with Crippen molar-refractivity contribution in [2.75, 3.05) is 16.6 Å². The number of carbonyl (C=O) groups excluding carboxylic acids is 1. The van der Waals surface area contributed by atoms with E-state index in [9.17, 15) is 13.2 Å². The highest BCUT2D eigenvalue weighted by atomic mass is 35.5. The van der Waals surface area contributed by atoms with E-state index in [0.717, 1.165) is 6.20 Å². The van der Waals surface area contributed by atoms with Crippen LogP contribution in [0.4, 0.5) is 11.4 Å². The third-order valence-electron chi connectivity index (χ3n) is 3.36. The molecule has 0 aliphatic carbocycles. The van der Waals surface area contributed by atoms with Crippen LogP contribution in [0.25, 0.3) is 0 Å². The van der Waals surface area contributed by atoms with Gasteiger partial charge in [0.05, 0.1) is 28.0 Å². The zero-order chi connectivity index (χ0) is 20.7. The third kappa shape index (κ3) is 5.16. The molecule has 0 unspecified atom stereocenters. The minimum absolute atomic E-state index is 0.101. The number of nitriles is 1. The van der Waals surface area contributed by atoms with Crippen molar-refractivity contribution in [1.82, 2.24) is 0 Å². The van der Waals surface area contributed by atoms with Crippen LogP contribution in [0.15, 0.2) is 59.1 Å². The van der Waals surface area contributed by atoms with Gasteiger partial charge in [-0.1, -0.05) is 41.4 Å². The molecule has 0 atom stereocenters. The summed E-state index contributed by atoms with van der Waals surface area (Å²) in [5, 5.41) is 11.8. The Labute approximate surface area is 172 Å². The van der Waals surface area contributed by atoms with Crippen molar-refractivity contribution in [1.29, 1.82) is 5.26 Å². The molecule has 0 aliphatic heterocycles. The van der Waals surface area contributed by atoms with Crippen molar-refractivity contribution >= 4 is 50.6 Å². The number of anilines is 2. The molecule has 0 fully saturated rings. The van der Waals surface area contributed by atoms with E-state index < -0.39 is 16.0 Å². The van der Waals surface area contributed by atoms with Crippen LogP contribution < -0.4 is 10.0 Å². The number of halogens is 2. The van der Waals surface area contributed by atoms with E-state index in [-0.39, 0.29) is 32.8 Å². The second-order valence-electron chi connectivity index (χ2n) is 5.24. The Bertz CT molecular complexity index is 1060. The number of benzene rings is 2. The molecule has 0 radical (unpaired) electrons. The Kier molecular flexibility index (Phi) is 7.29. The summed E-state index contributed by atoms with van der Waals surface area (Å²) in [5.74, 6) is -0.790. The van der Waals surface area contributed by atoms with Crippen LogP contribution in [0.3, 0.4) is 0 Å². The van der Waals surface area contributed by atoms with Gasteiger partial charge in [0.25, 0.3) is 10.0 Å². The first-order chi connectivity index (χ1) is 13.3. The van der Waals surface area contributed by atoms with Gasteiger partial charge < -0.3 is 10.1 Å². The largest absolute Gasteiger partial charge is 0.462 e. The molecule has 0 amide bonds. The van der Waals surface area contributed by atoms with Gasteiger partial charge in [-0.15, -0.1) is 0 Å². The number of para-hydroxylation sites is 2. The fourth-order valence-electron chi connectivity index (χ4n) is 2.08. The van der Waals surface area contributed by atoms with Crippen LogP contribution in [-0.4, -0.2) is 21.0 Å². The summed E-state index contributed by atoms with van der Waals surface area (Å²) < 4.78 is 32.6. The van der Waals surface area contributed by atoms with Crippen LogP contribution >= 0.6 is 23.2 Å². The van der Waals surface area contributed by atoms with Crippen molar-refractivity contribution < 1.29 is 17.9 Å². The Hall–Kier alpha value is -2.73. The van der Waals surface area contributed by atoms with Crippen LogP contribution in [0.1, 0.15) is 6.92 Å². The third-order valence-corrected chi connectivity index (χ3v) is 5.70. The molecule has 2 aromatic rings. The molecule has 0 bridgehead atoms. The SMILES string of the molecule is CCOC(=O)/C(C#N)=C/Nc1ccccc1NS(=O)(=O)c1cccc(Cl)c1Cl. The van der Waals surface area contributed by atoms with Crippen molar-refractivity contribution in [2.45, 2.75) is 11.8 Å². The fraction of sp³-hybridized carbons (Fsp3) is 0.111. The first-order valence-corrected chi connectivity index (χ1v) is 10.1. The van der Waals surface area contributed by atoms with Crippen molar-refractivity contribution in [3.63, 3.8) is 0 Å². The van der Waals surface area contributed by atoms with E-state index in [1.807, 2.05) is 0 Å². The number of ether oxygens (including phenoxy) is 1. The molecule has 7 nitrogen and oxygen atoms in total. The summed E-state index contributed by atoms with van der Waals surface area (Å²) in [4.78, 5) is 11.5. The lowest BCUT2D eigenvalue weighted by atomic mass is 10.2. The van der Waals surface area contributed by atoms with Gasteiger partial charge in [-0.25, -0.2) is 13.2 Å². The van der Waals surface area contributed by atoms with Gasteiger partial charge in [0.15, 0.2) is 5.57 Å². The molecular formula is C18H15Cl2N3O4S. The van der Waals surface area contributed by atoms with E-state index in [2.05, 4.69) is 10.0 Å². The molecule has 0 heterocycles. The fourth-order valence-corrected chi connectivity index (χ4v) is 3.93. The highest BCUT2D eigenvalue weighted by Gasteiger charge is 2.20. The molecule has 0 spiro atoms. The van der Waals surface area contributed by atoms with Crippen molar-refractivity contribution in [3.05, 3.63) is 64.3 Å². The molecule has 0 saturated carbocycles. The molecule has 2 N–H and O–H groups in total. The molecule has 0 aliphatic rings. The van der Waals surface area contributed by atoms with Gasteiger partial charge in [0.1, 0.15) is 11.0 Å². The number of rotatable bonds is 7. The molecule has 0 aromatic heterocycles. The first-order valence-electron chi connectivity index (χ1n) is 7.90.